The van der Waals surface area contributed by atoms with Crippen LogP contribution >= 0.6 is 15.9 Å². The highest BCUT2D eigenvalue weighted by atomic mass is 79.9. The average molecular weight is 313 g/mol. The fraction of sp³-hybridized carbons (Fsp3) is 0.462. The van der Waals surface area contributed by atoms with Gasteiger partial charge in [-0.05, 0) is 30.7 Å². The van der Waals surface area contributed by atoms with Gasteiger partial charge in [0.05, 0.1) is 13.2 Å². The third-order valence-electron chi connectivity index (χ3n) is 2.89. The number of hydrogen-bond acceptors (Lipinski definition) is 3. The highest BCUT2D eigenvalue weighted by molar-refractivity contribution is 9.10. The number of benzene rings is 1. The second-order valence-electron chi connectivity index (χ2n) is 4.44. The van der Waals surface area contributed by atoms with E-state index >= 15 is 0 Å². The SMILES string of the molecule is Cc1cc(Br)ccc1NC(=O)CC1COCCN1. The first-order valence-electron chi connectivity index (χ1n) is 6.02. The van der Waals surface area contributed by atoms with E-state index in [2.05, 4.69) is 26.6 Å². The first kappa shape index (κ1) is 13.5. The molecule has 2 rings (SSSR count). The fourth-order valence-corrected chi connectivity index (χ4v) is 2.42. The van der Waals surface area contributed by atoms with Crippen LogP contribution in [0.2, 0.25) is 0 Å². The summed E-state index contributed by atoms with van der Waals surface area (Å²) in [5, 5.41) is 6.20. The Hall–Kier alpha value is -0.910. The van der Waals surface area contributed by atoms with E-state index in [1.54, 1.807) is 0 Å². The van der Waals surface area contributed by atoms with Gasteiger partial charge in [0, 0.05) is 29.2 Å². The second-order valence-corrected chi connectivity index (χ2v) is 5.35. The molecule has 18 heavy (non-hydrogen) atoms. The van der Waals surface area contributed by atoms with Gasteiger partial charge in [0.25, 0.3) is 0 Å². The predicted octanol–water partition coefficient (Wildman–Crippen LogP) is 2.07. The third-order valence-corrected chi connectivity index (χ3v) is 3.39. The van der Waals surface area contributed by atoms with Crippen molar-refractivity contribution >= 4 is 27.5 Å². The van der Waals surface area contributed by atoms with Gasteiger partial charge in [-0.2, -0.15) is 0 Å². The van der Waals surface area contributed by atoms with Crippen LogP contribution in [-0.4, -0.2) is 31.7 Å². The molecule has 1 saturated heterocycles. The van der Waals surface area contributed by atoms with Gasteiger partial charge < -0.3 is 15.4 Å². The molecule has 0 radical (unpaired) electrons. The molecule has 1 aromatic rings. The first-order chi connectivity index (χ1) is 8.65. The number of halogens is 1. The molecule has 1 fully saturated rings. The number of ether oxygens (including phenoxy) is 1. The summed E-state index contributed by atoms with van der Waals surface area (Å²) in [6.45, 7) is 4.12. The number of morpholine rings is 1. The van der Waals surface area contributed by atoms with Crippen LogP contribution in [0, 0.1) is 6.92 Å². The molecule has 0 aromatic heterocycles. The monoisotopic (exact) mass is 312 g/mol. The van der Waals surface area contributed by atoms with Crippen molar-refractivity contribution in [2.75, 3.05) is 25.1 Å². The zero-order valence-electron chi connectivity index (χ0n) is 10.3. The lowest BCUT2D eigenvalue weighted by atomic mass is 10.1. The van der Waals surface area contributed by atoms with E-state index in [0.29, 0.717) is 13.0 Å². The summed E-state index contributed by atoms with van der Waals surface area (Å²) in [7, 11) is 0. The van der Waals surface area contributed by atoms with Crippen molar-refractivity contribution < 1.29 is 9.53 Å². The predicted molar refractivity (Wildman–Crippen MR) is 74.7 cm³/mol. The fourth-order valence-electron chi connectivity index (χ4n) is 1.94. The number of anilines is 1. The molecular weight excluding hydrogens is 296 g/mol. The van der Waals surface area contributed by atoms with Crippen molar-refractivity contribution in [3.05, 3.63) is 28.2 Å². The van der Waals surface area contributed by atoms with Gasteiger partial charge in [0.15, 0.2) is 0 Å². The lowest BCUT2D eigenvalue weighted by Crippen LogP contribution is -2.43. The van der Waals surface area contributed by atoms with Crippen LogP contribution in [0.4, 0.5) is 5.69 Å². The van der Waals surface area contributed by atoms with Gasteiger partial charge >= 0.3 is 0 Å². The standard InChI is InChI=1S/C13H17BrN2O2/c1-9-6-10(14)2-3-12(9)16-13(17)7-11-8-18-5-4-15-11/h2-3,6,11,15H,4-5,7-8H2,1H3,(H,16,17). The van der Waals surface area contributed by atoms with E-state index < -0.39 is 0 Å². The molecule has 0 spiro atoms. The Morgan fingerprint density at radius 3 is 3.11 bits per heavy atom. The normalized spacial score (nSPS) is 19.6. The summed E-state index contributed by atoms with van der Waals surface area (Å²) in [6, 6.07) is 5.93. The summed E-state index contributed by atoms with van der Waals surface area (Å²) in [5.41, 5.74) is 1.91. The Bertz CT molecular complexity index is 431. The quantitative estimate of drug-likeness (QED) is 0.898. The van der Waals surface area contributed by atoms with Crippen molar-refractivity contribution in [1.29, 1.82) is 0 Å². The first-order valence-corrected chi connectivity index (χ1v) is 6.81. The maximum atomic E-state index is 11.9. The molecule has 0 saturated carbocycles. The van der Waals surface area contributed by atoms with Gasteiger partial charge in [0.1, 0.15) is 0 Å². The Kier molecular flexibility index (Phi) is 4.74. The molecule has 4 nitrogen and oxygen atoms in total. The van der Waals surface area contributed by atoms with Crippen molar-refractivity contribution in [2.24, 2.45) is 0 Å². The third kappa shape index (κ3) is 3.80. The highest BCUT2D eigenvalue weighted by Gasteiger charge is 2.17. The minimum Gasteiger partial charge on any atom is -0.378 e. The van der Waals surface area contributed by atoms with E-state index in [4.69, 9.17) is 4.74 Å². The van der Waals surface area contributed by atoms with Gasteiger partial charge in [-0.25, -0.2) is 0 Å². The van der Waals surface area contributed by atoms with E-state index in [9.17, 15) is 4.79 Å². The number of aryl methyl sites for hydroxylation is 1. The van der Waals surface area contributed by atoms with Crippen LogP contribution in [0.25, 0.3) is 0 Å². The number of carbonyl (C=O) groups excluding carboxylic acids is 1. The Morgan fingerprint density at radius 1 is 1.61 bits per heavy atom. The maximum absolute atomic E-state index is 11.9. The van der Waals surface area contributed by atoms with Crippen LogP contribution in [-0.2, 0) is 9.53 Å². The number of rotatable bonds is 3. The summed E-state index contributed by atoms with van der Waals surface area (Å²) in [5.74, 6) is 0.0171. The molecule has 1 atom stereocenters. The maximum Gasteiger partial charge on any atom is 0.226 e. The number of amides is 1. The summed E-state index contributed by atoms with van der Waals surface area (Å²) < 4.78 is 6.34. The van der Waals surface area contributed by atoms with Gasteiger partial charge in [-0.15, -0.1) is 0 Å². The largest absolute Gasteiger partial charge is 0.378 e. The van der Waals surface area contributed by atoms with E-state index in [1.807, 2.05) is 25.1 Å². The molecule has 1 aliphatic heterocycles. The van der Waals surface area contributed by atoms with Gasteiger partial charge in [0.2, 0.25) is 5.91 Å². The van der Waals surface area contributed by atoms with Crippen LogP contribution in [0.5, 0.6) is 0 Å². The molecule has 0 aliphatic carbocycles. The minimum atomic E-state index is 0.0171. The molecule has 98 valence electrons. The van der Waals surface area contributed by atoms with Crippen molar-refractivity contribution in [2.45, 2.75) is 19.4 Å². The number of hydrogen-bond donors (Lipinski definition) is 2. The van der Waals surface area contributed by atoms with Crippen LogP contribution in [0.3, 0.4) is 0 Å². The van der Waals surface area contributed by atoms with E-state index in [0.717, 1.165) is 28.9 Å². The lowest BCUT2D eigenvalue weighted by Gasteiger charge is -2.23. The lowest BCUT2D eigenvalue weighted by molar-refractivity contribution is -0.117. The Balaban J connectivity index is 1.90. The Labute approximate surface area is 115 Å². The molecule has 1 aromatic carbocycles. The van der Waals surface area contributed by atoms with Crippen LogP contribution < -0.4 is 10.6 Å². The molecule has 1 amide bonds. The Morgan fingerprint density at radius 2 is 2.44 bits per heavy atom. The molecule has 1 unspecified atom stereocenters. The van der Waals surface area contributed by atoms with Crippen molar-refractivity contribution in [1.82, 2.24) is 5.32 Å². The summed E-state index contributed by atoms with van der Waals surface area (Å²) in [6.07, 6.45) is 0.440. The summed E-state index contributed by atoms with van der Waals surface area (Å²) >= 11 is 3.40. The van der Waals surface area contributed by atoms with Crippen LogP contribution in [0.1, 0.15) is 12.0 Å². The topological polar surface area (TPSA) is 50.4 Å². The van der Waals surface area contributed by atoms with Crippen molar-refractivity contribution in [3.63, 3.8) is 0 Å². The number of carbonyl (C=O) groups is 1. The molecule has 1 heterocycles. The zero-order chi connectivity index (χ0) is 13.0. The van der Waals surface area contributed by atoms with E-state index in [1.165, 1.54) is 0 Å². The zero-order valence-corrected chi connectivity index (χ0v) is 11.9. The summed E-state index contributed by atoms with van der Waals surface area (Å²) in [4.78, 5) is 11.9. The minimum absolute atomic E-state index is 0.0171. The van der Waals surface area contributed by atoms with Crippen LogP contribution in [0.15, 0.2) is 22.7 Å². The molecule has 0 bridgehead atoms. The second kappa shape index (κ2) is 6.31. The highest BCUT2D eigenvalue weighted by Crippen LogP contribution is 2.20. The van der Waals surface area contributed by atoms with E-state index in [-0.39, 0.29) is 11.9 Å². The van der Waals surface area contributed by atoms with Gasteiger partial charge in [-0.3, -0.25) is 4.79 Å². The molecule has 5 heteroatoms. The molecular formula is C13H17BrN2O2. The molecule has 2 N–H and O–H groups in total. The number of nitrogens with one attached hydrogen (secondary N) is 2. The smallest absolute Gasteiger partial charge is 0.226 e. The molecule has 1 aliphatic rings. The van der Waals surface area contributed by atoms with Gasteiger partial charge in [-0.1, -0.05) is 15.9 Å². The van der Waals surface area contributed by atoms with Crippen molar-refractivity contribution in [3.8, 4) is 0 Å². The average Bonchev–Trinajstić information content (AvgIpc) is 2.34.